The van der Waals surface area contributed by atoms with Crippen LogP contribution in [-0.2, 0) is 20.9 Å². The summed E-state index contributed by atoms with van der Waals surface area (Å²) >= 11 is 0. The van der Waals surface area contributed by atoms with Crippen LogP contribution in [0.2, 0.25) is 0 Å². The Morgan fingerprint density at radius 3 is 2.50 bits per heavy atom. The van der Waals surface area contributed by atoms with Gasteiger partial charge in [-0.15, -0.1) is 0 Å². The Labute approximate surface area is 165 Å². The molecule has 1 saturated heterocycles. The van der Waals surface area contributed by atoms with Crippen LogP contribution in [0.1, 0.15) is 45.1 Å². The molecule has 6 heteroatoms. The molecule has 3 aliphatic rings. The largest absolute Gasteiger partial charge is 0.491 e. The van der Waals surface area contributed by atoms with Crippen LogP contribution in [0.3, 0.4) is 0 Å². The SMILES string of the molecule is CC(C)Oc1cccc(CNC(=O)CCN2C(=O)C3C4CCC(C4)C3C2=O)c1. The molecule has 4 unspecified atom stereocenters. The van der Waals surface area contributed by atoms with Gasteiger partial charge in [0.15, 0.2) is 0 Å². The normalized spacial score (nSPS) is 28.2. The molecule has 2 saturated carbocycles. The summed E-state index contributed by atoms with van der Waals surface area (Å²) in [5.41, 5.74) is 0.950. The van der Waals surface area contributed by atoms with Crippen molar-refractivity contribution >= 4 is 17.7 Å². The Balaban J connectivity index is 1.27. The Hall–Kier alpha value is -2.37. The fraction of sp³-hybridized carbons (Fsp3) is 0.591. The van der Waals surface area contributed by atoms with Crippen LogP contribution < -0.4 is 10.1 Å². The first-order chi connectivity index (χ1) is 13.4. The molecule has 1 aliphatic heterocycles. The third kappa shape index (κ3) is 3.52. The number of nitrogens with zero attached hydrogens (tertiary/aromatic N) is 1. The van der Waals surface area contributed by atoms with E-state index in [1.807, 2.05) is 38.1 Å². The fourth-order valence-electron chi connectivity index (χ4n) is 5.19. The maximum absolute atomic E-state index is 12.7. The molecule has 28 heavy (non-hydrogen) atoms. The monoisotopic (exact) mass is 384 g/mol. The van der Waals surface area contributed by atoms with Gasteiger partial charge in [-0.3, -0.25) is 19.3 Å². The van der Waals surface area contributed by atoms with Gasteiger partial charge in [-0.2, -0.15) is 0 Å². The van der Waals surface area contributed by atoms with E-state index in [0.717, 1.165) is 30.6 Å². The molecule has 2 bridgehead atoms. The van der Waals surface area contributed by atoms with Gasteiger partial charge in [-0.25, -0.2) is 0 Å². The summed E-state index contributed by atoms with van der Waals surface area (Å²) in [5, 5.41) is 2.87. The Morgan fingerprint density at radius 2 is 1.86 bits per heavy atom. The summed E-state index contributed by atoms with van der Waals surface area (Å²) in [5.74, 6) is 1.06. The number of likely N-dealkylation sites (tertiary alicyclic amines) is 1. The molecule has 1 heterocycles. The van der Waals surface area contributed by atoms with Crippen LogP contribution >= 0.6 is 0 Å². The van der Waals surface area contributed by atoms with Crippen molar-refractivity contribution in [2.45, 2.75) is 52.2 Å². The molecule has 2 aliphatic carbocycles. The lowest BCUT2D eigenvalue weighted by molar-refractivity contribution is -0.141. The predicted molar refractivity (Wildman–Crippen MR) is 103 cm³/mol. The van der Waals surface area contributed by atoms with Gasteiger partial charge in [0, 0.05) is 19.5 Å². The number of nitrogens with one attached hydrogen (secondary N) is 1. The first-order valence-electron chi connectivity index (χ1n) is 10.3. The molecule has 1 aromatic carbocycles. The highest BCUT2D eigenvalue weighted by Gasteiger charge is 2.60. The summed E-state index contributed by atoms with van der Waals surface area (Å²) in [4.78, 5) is 38.9. The second kappa shape index (κ2) is 7.57. The lowest BCUT2D eigenvalue weighted by Crippen LogP contribution is -2.36. The van der Waals surface area contributed by atoms with Crippen LogP contribution in [0.25, 0.3) is 0 Å². The van der Waals surface area contributed by atoms with Gasteiger partial charge >= 0.3 is 0 Å². The molecular weight excluding hydrogens is 356 g/mol. The summed E-state index contributed by atoms with van der Waals surface area (Å²) in [6.45, 7) is 4.52. The zero-order valence-electron chi connectivity index (χ0n) is 16.5. The van der Waals surface area contributed by atoms with Gasteiger partial charge < -0.3 is 10.1 Å². The predicted octanol–water partition coefficient (Wildman–Crippen LogP) is 2.51. The van der Waals surface area contributed by atoms with E-state index in [4.69, 9.17) is 4.74 Å². The molecule has 150 valence electrons. The molecule has 4 rings (SSSR count). The van der Waals surface area contributed by atoms with E-state index in [-0.39, 0.29) is 48.6 Å². The Bertz CT molecular complexity index is 762. The third-order valence-corrected chi connectivity index (χ3v) is 6.34. The number of amides is 3. The number of hydrogen-bond donors (Lipinski definition) is 1. The highest BCUT2D eigenvalue weighted by atomic mass is 16.5. The molecule has 0 radical (unpaired) electrons. The van der Waals surface area contributed by atoms with E-state index >= 15 is 0 Å². The van der Waals surface area contributed by atoms with Crippen molar-refractivity contribution in [3.05, 3.63) is 29.8 Å². The lowest BCUT2D eigenvalue weighted by Gasteiger charge is -2.19. The highest BCUT2D eigenvalue weighted by Crippen LogP contribution is 2.56. The molecule has 1 aromatic rings. The van der Waals surface area contributed by atoms with Gasteiger partial charge in [0.2, 0.25) is 17.7 Å². The summed E-state index contributed by atoms with van der Waals surface area (Å²) in [6.07, 6.45) is 3.40. The second-order valence-electron chi connectivity index (χ2n) is 8.55. The van der Waals surface area contributed by atoms with Crippen molar-refractivity contribution in [3.63, 3.8) is 0 Å². The van der Waals surface area contributed by atoms with Gasteiger partial charge in [0.05, 0.1) is 17.9 Å². The fourth-order valence-corrected chi connectivity index (χ4v) is 5.19. The third-order valence-electron chi connectivity index (χ3n) is 6.34. The van der Waals surface area contributed by atoms with Gasteiger partial charge in [-0.1, -0.05) is 12.1 Å². The Kier molecular flexibility index (Phi) is 5.13. The van der Waals surface area contributed by atoms with Crippen LogP contribution in [0.5, 0.6) is 5.75 Å². The molecule has 0 spiro atoms. The van der Waals surface area contributed by atoms with E-state index in [0.29, 0.717) is 18.4 Å². The van der Waals surface area contributed by atoms with Crippen molar-refractivity contribution in [1.82, 2.24) is 10.2 Å². The van der Waals surface area contributed by atoms with Gasteiger partial charge in [0.1, 0.15) is 5.75 Å². The number of hydrogen-bond acceptors (Lipinski definition) is 4. The summed E-state index contributed by atoms with van der Waals surface area (Å²) in [6, 6.07) is 7.62. The van der Waals surface area contributed by atoms with Crippen LogP contribution in [0, 0.1) is 23.7 Å². The standard InChI is InChI=1S/C22H28N2O4/c1-13(2)28-17-5-3-4-14(10-17)12-23-18(25)8-9-24-21(26)19-15-6-7-16(11-15)20(19)22(24)27/h3-5,10,13,15-16,19-20H,6-9,11-12H2,1-2H3,(H,23,25). The lowest BCUT2D eigenvalue weighted by atomic mass is 9.81. The maximum atomic E-state index is 12.7. The van der Waals surface area contributed by atoms with Crippen LogP contribution in [0.15, 0.2) is 24.3 Å². The summed E-state index contributed by atoms with van der Waals surface area (Å²) in [7, 11) is 0. The maximum Gasteiger partial charge on any atom is 0.233 e. The number of ether oxygens (including phenoxy) is 1. The molecule has 0 aromatic heterocycles. The van der Waals surface area contributed by atoms with Crippen molar-refractivity contribution in [2.24, 2.45) is 23.7 Å². The molecule has 3 fully saturated rings. The minimum atomic E-state index is -0.157. The van der Waals surface area contributed by atoms with E-state index < -0.39 is 0 Å². The zero-order valence-corrected chi connectivity index (χ0v) is 16.5. The zero-order chi connectivity index (χ0) is 19.8. The number of benzene rings is 1. The first kappa shape index (κ1) is 19.0. The minimum Gasteiger partial charge on any atom is -0.491 e. The average Bonchev–Trinajstić information content (AvgIpc) is 3.33. The topological polar surface area (TPSA) is 75.7 Å². The second-order valence-corrected chi connectivity index (χ2v) is 8.55. The number of carbonyl (C=O) groups is 3. The first-order valence-corrected chi connectivity index (χ1v) is 10.3. The number of rotatable bonds is 7. The summed E-state index contributed by atoms with van der Waals surface area (Å²) < 4.78 is 5.66. The van der Waals surface area contributed by atoms with E-state index in [1.54, 1.807) is 0 Å². The number of imide groups is 1. The van der Waals surface area contributed by atoms with Crippen molar-refractivity contribution in [2.75, 3.05) is 6.54 Å². The van der Waals surface area contributed by atoms with Crippen molar-refractivity contribution < 1.29 is 19.1 Å². The molecular formula is C22H28N2O4. The Morgan fingerprint density at radius 1 is 1.18 bits per heavy atom. The van der Waals surface area contributed by atoms with E-state index in [1.165, 1.54) is 4.90 Å². The number of fused-ring (bicyclic) bond motifs is 5. The molecule has 4 atom stereocenters. The highest BCUT2D eigenvalue weighted by molar-refractivity contribution is 6.06. The van der Waals surface area contributed by atoms with E-state index in [2.05, 4.69) is 5.32 Å². The van der Waals surface area contributed by atoms with Gasteiger partial charge in [-0.05, 0) is 62.6 Å². The van der Waals surface area contributed by atoms with Crippen LogP contribution in [-0.4, -0.2) is 35.3 Å². The minimum absolute atomic E-state index is 0.0477. The average molecular weight is 384 g/mol. The van der Waals surface area contributed by atoms with Crippen molar-refractivity contribution in [3.8, 4) is 5.75 Å². The van der Waals surface area contributed by atoms with Crippen molar-refractivity contribution in [1.29, 1.82) is 0 Å². The van der Waals surface area contributed by atoms with Gasteiger partial charge in [0.25, 0.3) is 0 Å². The molecule has 3 amide bonds. The number of carbonyl (C=O) groups excluding carboxylic acids is 3. The smallest absolute Gasteiger partial charge is 0.233 e. The quantitative estimate of drug-likeness (QED) is 0.733. The molecule has 6 nitrogen and oxygen atoms in total. The molecule has 1 N–H and O–H groups in total. The van der Waals surface area contributed by atoms with Crippen LogP contribution in [0.4, 0.5) is 0 Å². The van der Waals surface area contributed by atoms with E-state index in [9.17, 15) is 14.4 Å².